The second-order valence-corrected chi connectivity index (χ2v) is 8.46. The van der Waals surface area contributed by atoms with E-state index in [9.17, 15) is 22.8 Å². The molecule has 1 aromatic heterocycles. The Bertz CT molecular complexity index is 917. The second kappa shape index (κ2) is 8.75. The fourth-order valence-corrected chi connectivity index (χ4v) is 4.67. The summed E-state index contributed by atoms with van der Waals surface area (Å²) in [7, 11) is 0. The van der Waals surface area contributed by atoms with Gasteiger partial charge in [0, 0.05) is 12.1 Å². The van der Waals surface area contributed by atoms with Gasteiger partial charge in [0.25, 0.3) is 5.91 Å². The molecular formula is C21H24F3N3O2S. The normalized spacial score (nSPS) is 16.2. The summed E-state index contributed by atoms with van der Waals surface area (Å²) < 4.78 is 38.3. The Hall–Kier alpha value is -2.42. The number of thiazole rings is 1. The van der Waals surface area contributed by atoms with E-state index in [-0.39, 0.29) is 11.8 Å². The monoisotopic (exact) mass is 439 g/mol. The van der Waals surface area contributed by atoms with Crippen molar-refractivity contribution in [2.75, 3.05) is 6.54 Å². The Kier molecular flexibility index (Phi) is 6.50. The zero-order chi connectivity index (χ0) is 21.9. The van der Waals surface area contributed by atoms with Gasteiger partial charge in [0.05, 0.1) is 11.3 Å². The van der Waals surface area contributed by atoms with Crippen molar-refractivity contribution < 1.29 is 22.8 Å². The lowest BCUT2D eigenvalue weighted by atomic mass is 9.80. The lowest BCUT2D eigenvalue weighted by molar-refractivity contribution is -0.137. The predicted molar refractivity (Wildman–Crippen MR) is 109 cm³/mol. The zero-order valence-electron chi connectivity index (χ0n) is 16.9. The van der Waals surface area contributed by atoms with Crippen LogP contribution in [0.4, 0.5) is 13.2 Å². The van der Waals surface area contributed by atoms with Crippen molar-refractivity contribution in [2.24, 2.45) is 0 Å². The van der Waals surface area contributed by atoms with Crippen LogP contribution in [0.5, 0.6) is 0 Å². The molecule has 0 radical (unpaired) electrons. The first-order valence-electron chi connectivity index (χ1n) is 9.92. The summed E-state index contributed by atoms with van der Waals surface area (Å²) in [6.07, 6.45) is -0.515. The van der Waals surface area contributed by atoms with Gasteiger partial charge in [-0.05, 0) is 38.8 Å². The van der Waals surface area contributed by atoms with Crippen molar-refractivity contribution in [3.63, 3.8) is 0 Å². The van der Waals surface area contributed by atoms with E-state index in [2.05, 4.69) is 15.6 Å². The lowest BCUT2D eigenvalue weighted by Gasteiger charge is -2.36. The molecule has 0 unspecified atom stereocenters. The molecule has 30 heavy (non-hydrogen) atoms. The molecule has 3 rings (SSSR count). The van der Waals surface area contributed by atoms with Crippen LogP contribution in [0, 0.1) is 6.92 Å². The molecule has 1 saturated carbocycles. The molecule has 0 saturated heterocycles. The Morgan fingerprint density at radius 3 is 2.33 bits per heavy atom. The highest BCUT2D eigenvalue weighted by molar-refractivity contribution is 7.17. The predicted octanol–water partition coefficient (Wildman–Crippen LogP) is 4.71. The number of hydrogen-bond donors (Lipinski definition) is 2. The van der Waals surface area contributed by atoms with E-state index in [1.165, 1.54) is 12.1 Å². The minimum absolute atomic E-state index is 0.178. The summed E-state index contributed by atoms with van der Waals surface area (Å²) in [4.78, 5) is 30.4. The minimum atomic E-state index is -4.41. The summed E-state index contributed by atoms with van der Waals surface area (Å²) in [6, 6.07) is 4.69. The number of aromatic nitrogens is 1. The Labute approximate surface area is 177 Å². The highest BCUT2D eigenvalue weighted by Gasteiger charge is 2.41. The highest BCUT2D eigenvalue weighted by atomic mass is 32.1. The number of amides is 2. The van der Waals surface area contributed by atoms with Gasteiger partial charge in [-0.15, -0.1) is 11.3 Å². The Morgan fingerprint density at radius 2 is 1.77 bits per heavy atom. The number of likely N-dealkylation sites (N-methyl/N-ethyl adjacent to an activating group) is 1. The molecule has 0 atom stereocenters. The number of carbonyl (C=O) groups excluding carboxylic acids is 2. The van der Waals surface area contributed by atoms with Gasteiger partial charge in [0.15, 0.2) is 0 Å². The molecule has 5 nitrogen and oxygen atoms in total. The number of nitrogens with zero attached hydrogens (tertiary/aromatic N) is 1. The molecule has 2 amide bonds. The van der Waals surface area contributed by atoms with Gasteiger partial charge in [-0.3, -0.25) is 9.59 Å². The maximum atomic E-state index is 13.0. The van der Waals surface area contributed by atoms with E-state index in [0.717, 1.165) is 42.7 Å². The number of nitrogens with one attached hydrogen (secondary N) is 2. The summed E-state index contributed by atoms with van der Waals surface area (Å²) in [6.45, 7) is 3.99. The molecule has 1 heterocycles. The van der Waals surface area contributed by atoms with Crippen LogP contribution < -0.4 is 10.6 Å². The van der Waals surface area contributed by atoms with Gasteiger partial charge in [-0.25, -0.2) is 4.98 Å². The maximum Gasteiger partial charge on any atom is 0.416 e. The molecule has 0 aliphatic heterocycles. The molecule has 0 bridgehead atoms. The van der Waals surface area contributed by atoms with Gasteiger partial charge < -0.3 is 10.6 Å². The summed E-state index contributed by atoms with van der Waals surface area (Å²) in [5, 5.41) is 6.22. The molecule has 9 heteroatoms. The van der Waals surface area contributed by atoms with Gasteiger partial charge in [0.2, 0.25) is 5.91 Å². The summed E-state index contributed by atoms with van der Waals surface area (Å²) in [5.41, 5.74) is -0.685. The quantitative estimate of drug-likeness (QED) is 0.709. The van der Waals surface area contributed by atoms with Gasteiger partial charge in [-0.1, -0.05) is 31.4 Å². The van der Waals surface area contributed by atoms with Crippen molar-refractivity contribution in [1.29, 1.82) is 0 Å². The van der Waals surface area contributed by atoms with E-state index >= 15 is 0 Å². The molecule has 162 valence electrons. The highest BCUT2D eigenvalue weighted by Crippen LogP contribution is 2.34. The van der Waals surface area contributed by atoms with Crippen LogP contribution in [-0.2, 0) is 11.0 Å². The number of benzene rings is 1. The van der Waals surface area contributed by atoms with Crippen molar-refractivity contribution in [3.8, 4) is 10.6 Å². The fourth-order valence-electron chi connectivity index (χ4n) is 3.70. The average molecular weight is 440 g/mol. The molecule has 1 fully saturated rings. The lowest BCUT2D eigenvalue weighted by Crippen LogP contribution is -2.59. The molecule has 2 N–H and O–H groups in total. The van der Waals surface area contributed by atoms with Gasteiger partial charge >= 0.3 is 6.18 Å². The zero-order valence-corrected chi connectivity index (χ0v) is 17.7. The van der Waals surface area contributed by atoms with Crippen molar-refractivity contribution in [2.45, 2.75) is 57.7 Å². The summed E-state index contributed by atoms with van der Waals surface area (Å²) >= 11 is 1.11. The number of carbonyl (C=O) groups is 2. The average Bonchev–Trinajstić information content (AvgIpc) is 3.10. The van der Waals surface area contributed by atoms with Crippen LogP contribution in [0.1, 0.15) is 60.0 Å². The van der Waals surface area contributed by atoms with Crippen molar-refractivity contribution in [3.05, 3.63) is 40.4 Å². The first-order chi connectivity index (χ1) is 14.2. The summed E-state index contributed by atoms with van der Waals surface area (Å²) in [5.74, 6) is -0.556. The van der Waals surface area contributed by atoms with E-state index < -0.39 is 17.3 Å². The third-order valence-electron chi connectivity index (χ3n) is 5.29. The number of hydrogen-bond acceptors (Lipinski definition) is 4. The third-order valence-corrected chi connectivity index (χ3v) is 6.50. The first-order valence-corrected chi connectivity index (χ1v) is 10.7. The minimum Gasteiger partial charge on any atom is -0.354 e. The topological polar surface area (TPSA) is 71.1 Å². The third kappa shape index (κ3) is 4.66. The standard InChI is InChI=1S/C21H24F3N3O2S/c1-3-25-19(29)20(11-5-4-6-12-20)27-17(28)16-13(2)26-18(30-16)14-7-9-15(10-8-14)21(22,23)24/h7-10H,3-6,11-12H2,1-2H3,(H,25,29)(H,27,28). The molecule has 2 aromatic rings. The Morgan fingerprint density at radius 1 is 1.13 bits per heavy atom. The maximum absolute atomic E-state index is 13.0. The molecule has 1 aliphatic carbocycles. The molecule has 0 spiro atoms. The van der Waals surface area contributed by atoms with Gasteiger partial charge in [-0.2, -0.15) is 13.2 Å². The van der Waals surface area contributed by atoms with E-state index in [0.29, 0.717) is 40.5 Å². The number of alkyl halides is 3. The number of halogens is 3. The smallest absolute Gasteiger partial charge is 0.354 e. The molecular weight excluding hydrogens is 415 g/mol. The first kappa shape index (κ1) is 22.3. The van der Waals surface area contributed by atoms with E-state index in [1.54, 1.807) is 6.92 Å². The number of aryl methyl sites for hydroxylation is 1. The van der Waals surface area contributed by atoms with Crippen LogP contribution in [0.25, 0.3) is 10.6 Å². The SMILES string of the molecule is CCNC(=O)C1(NC(=O)c2sc(-c3ccc(C(F)(F)F)cc3)nc2C)CCCCC1. The largest absolute Gasteiger partial charge is 0.416 e. The van der Waals surface area contributed by atoms with Crippen LogP contribution in [-0.4, -0.2) is 28.9 Å². The van der Waals surface area contributed by atoms with Gasteiger partial charge in [0.1, 0.15) is 15.4 Å². The van der Waals surface area contributed by atoms with Crippen LogP contribution in [0.2, 0.25) is 0 Å². The number of rotatable bonds is 5. The second-order valence-electron chi connectivity index (χ2n) is 7.47. The molecule has 1 aliphatic rings. The molecule has 1 aromatic carbocycles. The van der Waals surface area contributed by atoms with Crippen molar-refractivity contribution >= 4 is 23.2 Å². The Balaban J connectivity index is 1.83. The fraction of sp³-hybridized carbons (Fsp3) is 0.476. The van der Waals surface area contributed by atoms with Crippen LogP contribution >= 0.6 is 11.3 Å². The van der Waals surface area contributed by atoms with E-state index in [1.807, 2.05) is 6.92 Å². The van der Waals surface area contributed by atoms with Crippen LogP contribution in [0.15, 0.2) is 24.3 Å². The van der Waals surface area contributed by atoms with Crippen molar-refractivity contribution in [1.82, 2.24) is 15.6 Å². The van der Waals surface area contributed by atoms with E-state index in [4.69, 9.17) is 0 Å². The van der Waals surface area contributed by atoms with Crippen LogP contribution in [0.3, 0.4) is 0 Å².